The molecule has 0 bridgehead atoms. The van der Waals surface area contributed by atoms with E-state index < -0.39 is 0 Å². The van der Waals surface area contributed by atoms with Crippen LogP contribution in [0, 0.1) is 0 Å². The highest BCUT2D eigenvalue weighted by atomic mass is 15.6. The molecule has 0 atom stereocenters. The number of rotatable bonds is 3. The Morgan fingerprint density at radius 2 is 0.800 bits per heavy atom. The van der Waals surface area contributed by atoms with Gasteiger partial charge in [0.25, 0.3) is 0 Å². The van der Waals surface area contributed by atoms with Crippen LogP contribution in [0.4, 0.5) is 0 Å². The highest BCUT2D eigenvalue weighted by Crippen LogP contribution is 2.18. The van der Waals surface area contributed by atoms with Crippen molar-refractivity contribution in [1.29, 1.82) is 0 Å². The normalized spacial score (nSPS) is 46.8. The van der Waals surface area contributed by atoms with E-state index in [9.17, 15) is 0 Å². The van der Waals surface area contributed by atoms with Gasteiger partial charge in [-0.05, 0) is 0 Å². The van der Waals surface area contributed by atoms with Crippen molar-refractivity contribution in [1.82, 2.24) is 30.7 Å². The fourth-order valence-electron chi connectivity index (χ4n) is 2.17. The lowest BCUT2D eigenvalue weighted by Gasteiger charge is -2.40. The summed E-state index contributed by atoms with van der Waals surface area (Å²) in [5.74, 6) is 0. The molecule has 4 aliphatic heterocycles. The molecule has 0 spiro atoms. The molecule has 15 heavy (non-hydrogen) atoms. The van der Waals surface area contributed by atoms with E-state index in [-0.39, 0.29) is 0 Å². The topological polar surface area (TPSA) is 45.1 Å². The van der Waals surface area contributed by atoms with Crippen LogP contribution < -0.4 is 16.0 Å². The molecule has 0 amide bonds. The van der Waals surface area contributed by atoms with Crippen molar-refractivity contribution in [2.75, 3.05) is 39.3 Å². The molecule has 0 aliphatic carbocycles. The van der Waals surface area contributed by atoms with Crippen molar-refractivity contribution in [3.8, 4) is 0 Å². The summed E-state index contributed by atoms with van der Waals surface area (Å²) in [4.78, 5) is 7.27. The first-order chi connectivity index (χ1) is 7.40. The van der Waals surface area contributed by atoms with Gasteiger partial charge in [-0.15, -0.1) is 0 Å². The standard InChI is InChI=1S/C9H18N6/c1-2-13(1)7-10-8(14-3-4-14)12-9(11-7)15-5-6-15/h7-12H,1-6H2. The van der Waals surface area contributed by atoms with Gasteiger partial charge in [-0.2, -0.15) is 0 Å². The van der Waals surface area contributed by atoms with Crippen LogP contribution in [0.15, 0.2) is 0 Å². The van der Waals surface area contributed by atoms with Crippen molar-refractivity contribution < 1.29 is 0 Å². The lowest BCUT2D eigenvalue weighted by atomic mass is 10.5. The average molecular weight is 210 g/mol. The molecule has 0 aromatic heterocycles. The third kappa shape index (κ3) is 1.77. The molecule has 4 saturated heterocycles. The number of nitrogens with one attached hydrogen (secondary N) is 3. The summed E-state index contributed by atoms with van der Waals surface area (Å²) in [5, 5.41) is 10.8. The number of hydrogen-bond donors (Lipinski definition) is 3. The van der Waals surface area contributed by atoms with Crippen LogP contribution in [0.5, 0.6) is 0 Å². The summed E-state index contributed by atoms with van der Waals surface area (Å²) in [6.07, 6.45) is 1.09. The van der Waals surface area contributed by atoms with E-state index in [1.165, 1.54) is 39.3 Å². The number of hydrogen-bond acceptors (Lipinski definition) is 6. The first-order valence-corrected chi connectivity index (χ1v) is 5.90. The van der Waals surface area contributed by atoms with E-state index in [1.807, 2.05) is 0 Å². The third-order valence-electron chi connectivity index (χ3n) is 3.49. The largest absolute Gasteiger partial charge is 0.273 e. The van der Waals surface area contributed by atoms with Gasteiger partial charge in [0.1, 0.15) is 18.9 Å². The van der Waals surface area contributed by atoms with E-state index in [1.54, 1.807) is 0 Å². The Balaban J connectivity index is 1.46. The van der Waals surface area contributed by atoms with Gasteiger partial charge in [0, 0.05) is 39.3 Å². The molecule has 6 nitrogen and oxygen atoms in total. The maximum absolute atomic E-state index is 3.59. The van der Waals surface area contributed by atoms with E-state index in [4.69, 9.17) is 0 Å². The molecule has 3 N–H and O–H groups in total. The Hall–Kier alpha value is -0.240. The minimum atomic E-state index is 0.363. The Bertz CT molecular complexity index is 211. The molecule has 4 aliphatic rings. The second-order valence-corrected chi connectivity index (χ2v) is 4.82. The number of nitrogens with zero attached hydrogens (tertiary/aromatic N) is 3. The first-order valence-electron chi connectivity index (χ1n) is 5.90. The quantitative estimate of drug-likeness (QED) is 0.450. The van der Waals surface area contributed by atoms with E-state index in [2.05, 4.69) is 30.7 Å². The van der Waals surface area contributed by atoms with Crippen molar-refractivity contribution in [2.24, 2.45) is 0 Å². The Kier molecular flexibility index (Phi) is 1.85. The molecule has 0 saturated carbocycles. The van der Waals surface area contributed by atoms with Crippen LogP contribution >= 0.6 is 0 Å². The maximum atomic E-state index is 3.59. The summed E-state index contributed by atoms with van der Waals surface area (Å²) < 4.78 is 0. The summed E-state index contributed by atoms with van der Waals surface area (Å²) in [6.45, 7) is 7.36. The van der Waals surface area contributed by atoms with Crippen molar-refractivity contribution >= 4 is 0 Å². The summed E-state index contributed by atoms with van der Waals surface area (Å²) in [6, 6.07) is 0. The predicted octanol–water partition coefficient (Wildman–Crippen LogP) is -2.43. The minimum absolute atomic E-state index is 0.363. The maximum Gasteiger partial charge on any atom is 0.119 e. The molecule has 0 aromatic rings. The summed E-state index contributed by atoms with van der Waals surface area (Å²) >= 11 is 0. The second kappa shape index (κ2) is 3.13. The molecule has 4 rings (SSSR count). The van der Waals surface area contributed by atoms with Gasteiger partial charge in [-0.25, -0.2) is 0 Å². The average Bonchev–Trinajstić information content (AvgIpc) is 3.20. The van der Waals surface area contributed by atoms with Gasteiger partial charge < -0.3 is 0 Å². The van der Waals surface area contributed by atoms with Crippen LogP contribution in [0.3, 0.4) is 0 Å². The fraction of sp³-hybridized carbons (Fsp3) is 1.00. The highest BCUT2D eigenvalue weighted by molar-refractivity contribution is 4.93. The third-order valence-corrected chi connectivity index (χ3v) is 3.49. The fourth-order valence-corrected chi connectivity index (χ4v) is 2.17. The van der Waals surface area contributed by atoms with E-state index in [0.717, 1.165) is 0 Å². The van der Waals surface area contributed by atoms with Crippen LogP contribution in [-0.4, -0.2) is 72.8 Å². The molecule has 84 valence electrons. The van der Waals surface area contributed by atoms with Gasteiger partial charge in [-0.3, -0.25) is 30.7 Å². The van der Waals surface area contributed by atoms with Crippen LogP contribution in [-0.2, 0) is 0 Å². The molecular weight excluding hydrogens is 192 g/mol. The van der Waals surface area contributed by atoms with Crippen molar-refractivity contribution in [2.45, 2.75) is 18.9 Å². The zero-order valence-corrected chi connectivity index (χ0v) is 8.82. The molecule has 0 aromatic carbocycles. The molecule has 0 radical (unpaired) electrons. The smallest absolute Gasteiger partial charge is 0.119 e. The molecule has 4 heterocycles. The van der Waals surface area contributed by atoms with E-state index >= 15 is 0 Å². The van der Waals surface area contributed by atoms with Crippen molar-refractivity contribution in [3.05, 3.63) is 0 Å². The van der Waals surface area contributed by atoms with Crippen molar-refractivity contribution in [3.63, 3.8) is 0 Å². The zero-order chi connectivity index (χ0) is 9.83. The monoisotopic (exact) mass is 210 g/mol. The molecule has 4 fully saturated rings. The summed E-state index contributed by atoms with van der Waals surface area (Å²) in [7, 11) is 0. The van der Waals surface area contributed by atoms with Gasteiger partial charge in [-0.1, -0.05) is 0 Å². The highest BCUT2D eigenvalue weighted by Gasteiger charge is 2.42. The Morgan fingerprint density at radius 3 is 1.00 bits per heavy atom. The molecule has 0 unspecified atom stereocenters. The van der Waals surface area contributed by atoms with E-state index in [0.29, 0.717) is 18.9 Å². The van der Waals surface area contributed by atoms with Crippen LogP contribution in [0.25, 0.3) is 0 Å². The van der Waals surface area contributed by atoms with Gasteiger partial charge in [0.05, 0.1) is 0 Å². The lowest BCUT2D eigenvalue weighted by molar-refractivity contribution is 0.0499. The minimum Gasteiger partial charge on any atom is -0.273 e. The predicted molar refractivity (Wildman–Crippen MR) is 55.5 cm³/mol. The van der Waals surface area contributed by atoms with Crippen LogP contribution in [0.2, 0.25) is 0 Å². The summed E-state index contributed by atoms with van der Waals surface area (Å²) in [5.41, 5.74) is 0. The van der Waals surface area contributed by atoms with Gasteiger partial charge in [0.15, 0.2) is 0 Å². The SMILES string of the molecule is C1CN1C1NC(N2CC2)NC(N2CC2)N1. The lowest BCUT2D eigenvalue weighted by Crippen LogP contribution is -2.73. The Labute approximate surface area is 89.6 Å². The zero-order valence-electron chi connectivity index (χ0n) is 8.82. The first kappa shape index (κ1) is 8.86. The molecular formula is C9H18N6. The second-order valence-electron chi connectivity index (χ2n) is 4.82. The van der Waals surface area contributed by atoms with Gasteiger partial charge in [0.2, 0.25) is 0 Å². The van der Waals surface area contributed by atoms with Gasteiger partial charge >= 0.3 is 0 Å². The molecule has 6 heteroatoms. The van der Waals surface area contributed by atoms with Crippen LogP contribution in [0.1, 0.15) is 0 Å². The Morgan fingerprint density at radius 1 is 0.533 bits per heavy atom.